The van der Waals surface area contributed by atoms with Gasteiger partial charge in [0.1, 0.15) is 0 Å². The third-order valence-corrected chi connectivity index (χ3v) is 11.3. The van der Waals surface area contributed by atoms with Crippen LogP contribution in [0.2, 0.25) is 0 Å². The molecule has 1 aliphatic carbocycles. The first kappa shape index (κ1) is 53.1. The molecule has 4 heteroatoms. The maximum Gasteiger partial charge on any atom is 0.0721 e. The summed E-state index contributed by atoms with van der Waals surface area (Å²) in [6.45, 7) is 42.6. The highest BCUT2D eigenvalue weighted by Crippen LogP contribution is 2.54. The van der Waals surface area contributed by atoms with Crippen LogP contribution in [0, 0.1) is 5.41 Å². The average Bonchev–Trinajstić information content (AvgIpc) is 3.58. The SMILES string of the molecule is C/C=C\C.C=C(C)NC(/C(C)=C/C)c1ccccc1.C=C(NC(C)CCN(CC)CCCCC1(C(=C)NCC(C)(C)C)c2ccccc2-c2ccccc21)c1ccccc1.CC. The topological polar surface area (TPSA) is 39.3 Å². The van der Waals surface area contributed by atoms with Crippen molar-refractivity contribution < 1.29 is 0 Å². The Morgan fingerprint density at radius 2 is 1.23 bits per heavy atom. The molecule has 0 fully saturated rings. The molecule has 62 heavy (non-hydrogen) atoms. The van der Waals surface area contributed by atoms with Gasteiger partial charge in [-0.05, 0) is 113 Å². The summed E-state index contributed by atoms with van der Waals surface area (Å²) in [5.74, 6) is 0. The van der Waals surface area contributed by atoms with Crippen LogP contribution in [0.4, 0.5) is 0 Å². The Hall–Kier alpha value is -5.06. The lowest BCUT2D eigenvalue weighted by atomic mass is 9.71. The van der Waals surface area contributed by atoms with Gasteiger partial charge in [0, 0.05) is 36.2 Å². The first-order chi connectivity index (χ1) is 29.7. The van der Waals surface area contributed by atoms with Crippen LogP contribution in [0.1, 0.15) is 137 Å². The van der Waals surface area contributed by atoms with Crippen LogP contribution >= 0.6 is 0 Å². The van der Waals surface area contributed by atoms with Crippen molar-refractivity contribution in [2.45, 2.75) is 126 Å². The van der Waals surface area contributed by atoms with Crippen molar-refractivity contribution in [1.82, 2.24) is 20.9 Å². The lowest BCUT2D eigenvalue weighted by molar-refractivity contribution is 0.266. The zero-order chi connectivity index (χ0) is 46.1. The molecule has 336 valence electrons. The molecule has 0 heterocycles. The molecule has 0 saturated heterocycles. The minimum atomic E-state index is -0.203. The summed E-state index contributed by atoms with van der Waals surface area (Å²) in [6, 6.07) is 39.4. The highest BCUT2D eigenvalue weighted by Gasteiger charge is 2.45. The van der Waals surface area contributed by atoms with Gasteiger partial charge >= 0.3 is 0 Å². The number of fused-ring (bicyclic) bond motifs is 3. The fraction of sp³-hybridized carbons (Fsp3) is 0.414. The standard InChI is InChI=1S/C38H51N3.C14H19N.C4H8.C2H6/c1-8-41(27-24-29(2)40-30(3)32-18-10-9-11-19-32)26-17-16-25-38(31(4)39-28-37(5,6)7)35-22-14-12-20-33(35)34-21-13-15-23-36(34)38;1-5-12(4)14(15-11(2)3)13-9-7-6-8-10-13;1-3-4-2;1-2/h9-15,18-23,29,39-40H,3-4,8,16-17,24-28H2,1-2,5-7H3;5-10,14-15H,2H2,1,3-4H3;3-4H,1-2H3;1-2H3/b;12-5+;4-3-;. The van der Waals surface area contributed by atoms with E-state index in [9.17, 15) is 0 Å². The number of hydrogen-bond acceptors (Lipinski definition) is 4. The van der Waals surface area contributed by atoms with Crippen molar-refractivity contribution in [2.24, 2.45) is 5.41 Å². The van der Waals surface area contributed by atoms with Gasteiger partial charge in [0.2, 0.25) is 0 Å². The van der Waals surface area contributed by atoms with Crippen molar-refractivity contribution in [3.63, 3.8) is 0 Å². The fourth-order valence-electron chi connectivity index (χ4n) is 7.73. The second-order valence-electron chi connectivity index (χ2n) is 17.4. The largest absolute Gasteiger partial charge is 0.387 e. The van der Waals surface area contributed by atoms with Gasteiger partial charge in [-0.2, -0.15) is 0 Å². The van der Waals surface area contributed by atoms with Gasteiger partial charge in [-0.25, -0.2) is 0 Å². The molecule has 0 radical (unpaired) electrons. The molecule has 0 amide bonds. The van der Waals surface area contributed by atoms with E-state index in [1.54, 1.807) is 0 Å². The van der Waals surface area contributed by atoms with Gasteiger partial charge in [-0.15, -0.1) is 0 Å². The van der Waals surface area contributed by atoms with E-state index in [1.165, 1.54) is 39.8 Å². The van der Waals surface area contributed by atoms with Crippen LogP contribution in [0.15, 0.2) is 164 Å². The maximum atomic E-state index is 4.70. The predicted octanol–water partition coefficient (Wildman–Crippen LogP) is 15.1. The fourth-order valence-corrected chi connectivity index (χ4v) is 7.73. The lowest BCUT2D eigenvalue weighted by Crippen LogP contribution is -2.38. The van der Waals surface area contributed by atoms with Crippen molar-refractivity contribution in [2.75, 3.05) is 26.2 Å². The molecule has 0 spiro atoms. The number of benzene rings is 4. The summed E-state index contributed by atoms with van der Waals surface area (Å²) in [7, 11) is 0. The Morgan fingerprint density at radius 3 is 1.71 bits per heavy atom. The summed E-state index contributed by atoms with van der Waals surface area (Å²) >= 11 is 0. The van der Waals surface area contributed by atoms with E-state index >= 15 is 0 Å². The Morgan fingerprint density at radius 1 is 0.710 bits per heavy atom. The quantitative estimate of drug-likeness (QED) is 0.0650. The van der Waals surface area contributed by atoms with E-state index in [-0.39, 0.29) is 16.9 Å². The van der Waals surface area contributed by atoms with Crippen LogP contribution in [-0.2, 0) is 5.41 Å². The molecule has 0 aromatic heterocycles. The Labute approximate surface area is 380 Å². The molecular formula is C58H84N4. The molecule has 0 saturated carbocycles. The molecule has 5 rings (SSSR count). The molecule has 0 aliphatic heterocycles. The lowest BCUT2D eigenvalue weighted by Gasteiger charge is -2.36. The molecule has 4 nitrogen and oxygen atoms in total. The number of allylic oxidation sites excluding steroid dienone is 5. The summed E-state index contributed by atoms with van der Waals surface area (Å²) in [6.07, 6.45) is 10.6. The molecular weight excluding hydrogens is 753 g/mol. The van der Waals surface area contributed by atoms with Gasteiger partial charge in [0.05, 0.1) is 11.5 Å². The minimum absolute atomic E-state index is 0.183. The third kappa shape index (κ3) is 16.3. The second kappa shape index (κ2) is 27.8. The van der Waals surface area contributed by atoms with E-state index in [2.05, 4.69) is 186 Å². The Kier molecular flexibility index (Phi) is 23.8. The molecule has 2 atom stereocenters. The highest BCUT2D eigenvalue weighted by molar-refractivity contribution is 5.83. The van der Waals surface area contributed by atoms with Crippen molar-refractivity contribution in [3.8, 4) is 11.1 Å². The van der Waals surface area contributed by atoms with Gasteiger partial charge in [0.25, 0.3) is 0 Å². The third-order valence-electron chi connectivity index (χ3n) is 11.3. The zero-order valence-electron chi connectivity index (χ0n) is 41.0. The minimum Gasteiger partial charge on any atom is -0.387 e. The summed E-state index contributed by atoms with van der Waals surface area (Å²) in [5.41, 5.74) is 12.4. The van der Waals surface area contributed by atoms with Gasteiger partial charge in [-0.3, -0.25) is 0 Å². The Balaban J connectivity index is 0.000000521. The van der Waals surface area contributed by atoms with E-state index in [4.69, 9.17) is 6.58 Å². The average molecular weight is 837 g/mol. The number of nitrogens with zero attached hydrogens (tertiary/aromatic N) is 1. The molecule has 4 aromatic carbocycles. The van der Waals surface area contributed by atoms with Crippen molar-refractivity contribution in [3.05, 3.63) is 186 Å². The van der Waals surface area contributed by atoms with Crippen LogP contribution in [-0.4, -0.2) is 37.1 Å². The molecule has 0 bridgehead atoms. The first-order valence-electron chi connectivity index (χ1n) is 23.2. The van der Waals surface area contributed by atoms with Crippen LogP contribution in [0.5, 0.6) is 0 Å². The zero-order valence-corrected chi connectivity index (χ0v) is 41.0. The van der Waals surface area contributed by atoms with Gasteiger partial charge < -0.3 is 20.9 Å². The van der Waals surface area contributed by atoms with Gasteiger partial charge in [0.15, 0.2) is 0 Å². The monoisotopic (exact) mass is 837 g/mol. The van der Waals surface area contributed by atoms with Crippen LogP contribution in [0.25, 0.3) is 16.8 Å². The van der Waals surface area contributed by atoms with Gasteiger partial charge in [-0.1, -0.05) is 201 Å². The Bertz CT molecular complexity index is 1910. The van der Waals surface area contributed by atoms with Crippen LogP contribution < -0.4 is 16.0 Å². The molecule has 4 aromatic rings. The second-order valence-corrected chi connectivity index (χ2v) is 17.4. The molecule has 3 N–H and O–H groups in total. The number of unbranched alkanes of at least 4 members (excludes halogenated alkanes) is 1. The van der Waals surface area contributed by atoms with E-state index < -0.39 is 0 Å². The normalized spacial score (nSPS) is 13.4. The maximum absolute atomic E-state index is 4.70. The summed E-state index contributed by atoms with van der Waals surface area (Å²) in [4.78, 5) is 2.60. The van der Waals surface area contributed by atoms with Crippen molar-refractivity contribution in [1.29, 1.82) is 0 Å². The van der Waals surface area contributed by atoms with Crippen molar-refractivity contribution >= 4 is 5.70 Å². The highest BCUT2D eigenvalue weighted by atomic mass is 15.1. The molecule has 1 aliphatic rings. The predicted molar refractivity (Wildman–Crippen MR) is 276 cm³/mol. The first-order valence-corrected chi connectivity index (χ1v) is 23.2. The number of nitrogens with one attached hydrogen (secondary N) is 3. The molecule has 2 unspecified atom stereocenters. The number of rotatable bonds is 19. The van der Waals surface area contributed by atoms with E-state index in [0.29, 0.717) is 6.04 Å². The van der Waals surface area contributed by atoms with E-state index in [1.807, 2.05) is 58.9 Å². The smallest absolute Gasteiger partial charge is 0.0721 e. The summed E-state index contributed by atoms with van der Waals surface area (Å²) in [5, 5.41) is 10.8. The summed E-state index contributed by atoms with van der Waals surface area (Å²) < 4.78 is 0. The van der Waals surface area contributed by atoms with E-state index in [0.717, 1.165) is 68.1 Å². The van der Waals surface area contributed by atoms with Crippen LogP contribution in [0.3, 0.4) is 0 Å². The number of hydrogen-bond donors (Lipinski definition) is 3.